The van der Waals surface area contributed by atoms with Gasteiger partial charge in [0.05, 0.1) is 21.3 Å². The summed E-state index contributed by atoms with van der Waals surface area (Å²) in [6.07, 6.45) is 1.16. The molecule has 0 unspecified atom stereocenters. The second-order valence-electron chi connectivity index (χ2n) is 5.19. The van der Waals surface area contributed by atoms with Crippen LogP contribution in [-0.2, 0) is 9.84 Å². The SMILES string of the molecule is CS(=O)(=O)c1ccc(-c2cc(C#N)nn2-c2ccccc2Cl)cc1. The van der Waals surface area contributed by atoms with Crippen LogP contribution in [0.25, 0.3) is 16.9 Å². The molecule has 5 nitrogen and oxygen atoms in total. The number of nitrogens with zero attached hydrogens (tertiary/aromatic N) is 3. The molecule has 0 aliphatic carbocycles. The second kappa shape index (κ2) is 6.11. The normalized spacial score (nSPS) is 11.2. The summed E-state index contributed by atoms with van der Waals surface area (Å²) < 4.78 is 24.8. The minimum absolute atomic E-state index is 0.232. The van der Waals surface area contributed by atoms with E-state index in [-0.39, 0.29) is 10.6 Å². The Hall–Kier alpha value is -2.62. The largest absolute Gasteiger partial charge is 0.230 e. The van der Waals surface area contributed by atoms with Gasteiger partial charge in [-0.2, -0.15) is 10.4 Å². The summed E-state index contributed by atoms with van der Waals surface area (Å²) in [5, 5.41) is 13.9. The van der Waals surface area contributed by atoms with Crippen LogP contribution in [0.15, 0.2) is 59.5 Å². The fourth-order valence-corrected chi connectivity index (χ4v) is 3.17. The standard InChI is InChI=1S/C17H12ClN3O2S/c1-24(22,23)14-8-6-12(7-9-14)17-10-13(11-19)20-21(17)16-5-3-2-4-15(16)18/h2-10H,1H3. The first-order valence-corrected chi connectivity index (χ1v) is 9.22. The summed E-state index contributed by atoms with van der Waals surface area (Å²) in [7, 11) is -3.27. The van der Waals surface area contributed by atoms with E-state index in [2.05, 4.69) is 5.10 Å². The highest BCUT2D eigenvalue weighted by atomic mass is 35.5. The van der Waals surface area contributed by atoms with Gasteiger partial charge in [-0.3, -0.25) is 0 Å². The average molecular weight is 358 g/mol. The van der Waals surface area contributed by atoms with Gasteiger partial charge in [-0.25, -0.2) is 13.1 Å². The zero-order valence-electron chi connectivity index (χ0n) is 12.6. The summed E-state index contributed by atoms with van der Waals surface area (Å²) in [6, 6.07) is 17.2. The molecule has 0 spiro atoms. The van der Waals surface area contributed by atoms with Gasteiger partial charge in [0.25, 0.3) is 0 Å². The van der Waals surface area contributed by atoms with E-state index in [1.165, 1.54) is 12.1 Å². The van der Waals surface area contributed by atoms with Crippen LogP contribution in [0.3, 0.4) is 0 Å². The molecule has 0 fully saturated rings. The van der Waals surface area contributed by atoms with Crippen molar-refractivity contribution in [2.75, 3.05) is 6.26 Å². The molecule has 0 aliphatic heterocycles. The Morgan fingerprint density at radius 3 is 2.38 bits per heavy atom. The maximum atomic E-state index is 11.6. The highest BCUT2D eigenvalue weighted by molar-refractivity contribution is 7.90. The van der Waals surface area contributed by atoms with Crippen molar-refractivity contribution in [3.8, 4) is 23.0 Å². The monoisotopic (exact) mass is 357 g/mol. The third kappa shape index (κ3) is 3.04. The maximum Gasteiger partial charge on any atom is 0.175 e. The van der Waals surface area contributed by atoms with E-state index in [0.717, 1.165) is 11.8 Å². The smallest absolute Gasteiger partial charge is 0.175 e. The lowest BCUT2D eigenvalue weighted by molar-refractivity contribution is 0.602. The van der Waals surface area contributed by atoms with Gasteiger partial charge in [0.15, 0.2) is 15.5 Å². The van der Waals surface area contributed by atoms with Crippen LogP contribution in [0, 0.1) is 11.3 Å². The Balaban J connectivity index is 2.17. The minimum atomic E-state index is -3.27. The Labute approximate surface area is 144 Å². The van der Waals surface area contributed by atoms with Gasteiger partial charge < -0.3 is 0 Å². The van der Waals surface area contributed by atoms with Gasteiger partial charge >= 0.3 is 0 Å². The van der Waals surface area contributed by atoms with E-state index in [1.54, 1.807) is 41.1 Å². The number of rotatable bonds is 3. The van der Waals surface area contributed by atoms with Gasteiger partial charge in [-0.15, -0.1) is 0 Å². The van der Waals surface area contributed by atoms with Crippen molar-refractivity contribution >= 4 is 21.4 Å². The molecule has 3 rings (SSSR count). The first-order chi connectivity index (χ1) is 11.4. The minimum Gasteiger partial charge on any atom is -0.230 e. The number of hydrogen-bond acceptors (Lipinski definition) is 4. The van der Waals surface area contributed by atoms with E-state index < -0.39 is 9.84 Å². The molecule has 1 heterocycles. The third-order valence-corrected chi connectivity index (χ3v) is 4.93. The molecule has 7 heteroatoms. The molecule has 0 aliphatic rings. The van der Waals surface area contributed by atoms with E-state index in [1.807, 2.05) is 12.1 Å². The Kier molecular flexibility index (Phi) is 4.14. The van der Waals surface area contributed by atoms with Crippen molar-refractivity contribution in [2.24, 2.45) is 0 Å². The highest BCUT2D eigenvalue weighted by Crippen LogP contribution is 2.28. The summed E-state index contributed by atoms with van der Waals surface area (Å²) in [5.74, 6) is 0. The zero-order valence-corrected chi connectivity index (χ0v) is 14.2. The van der Waals surface area contributed by atoms with Crippen molar-refractivity contribution in [1.29, 1.82) is 5.26 Å². The van der Waals surface area contributed by atoms with E-state index in [4.69, 9.17) is 16.9 Å². The van der Waals surface area contributed by atoms with Crippen LogP contribution in [0.5, 0.6) is 0 Å². The Bertz CT molecular complexity index is 1050. The summed E-state index contributed by atoms with van der Waals surface area (Å²) in [6.45, 7) is 0. The van der Waals surface area contributed by atoms with Crippen molar-refractivity contribution in [2.45, 2.75) is 4.90 Å². The number of aromatic nitrogens is 2. The first kappa shape index (κ1) is 16.2. The Morgan fingerprint density at radius 2 is 1.79 bits per heavy atom. The molecule has 0 atom stereocenters. The first-order valence-electron chi connectivity index (χ1n) is 6.96. The van der Waals surface area contributed by atoms with E-state index in [9.17, 15) is 8.42 Å². The third-order valence-electron chi connectivity index (χ3n) is 3.48. The van der Waals surface area contributed by atoms with Gasteiger partial charge in [-0.05, 0) is 24.3 Å². The highest BCUT2D eigenvalue weighted by Gasteiger charge is 2.14. The predicted octanol–water partition coefficient (Wildman–Crippen LogP) is 3.47. The number of halogens is 1. The second-order valence-corrected chi connectivity index (χ2v) is 7.61. The molecule has 3 aromatic rings. The van der Waals surface area contributed by atoms with Crippen LogP contribution in [0.1, 0.15) is 5.69 Å². The fraction of sp³-hybridized carbons (Fsp3) is 0.0588. The number of benzene rings is 2. The van der Waals surface area contributed by atoms with Crippen LogP contribution in [0.2, 0.25) is 5.02 Å². The molecular formula is C17H12ClN3O2S. The molecule has 0 saturated carbocycles. The molecule has 0 N–H and O–H groups in total. The number of hydrogen-bond donors (Lipinski definition) is 0. The zero-order chi connectivity index (χ0) is 17.3. The number of sulfone groups is 1. The van der Waals surface area contributed by atoms with Gasteiger partial charge in [0.1, 0.15) is 6.07 Å². The van der Waals surface area contributed by atoms with Crippen LogP contribution in [-0.4, -0.2) is 24.5 Å². The quantitative estimate of drug-likeness (QED) is 0.719. The molecule has 1 aromatic heterocycles. The molecule has 0 radical (unpaired) electrons. The molecule has 0 saturated heterocycles. The lowest BCUT2D eigenvalue weighted by atomic mass is 10.1. The average Bonchev–Trinajstić information content (AvgIpc) is 2.99. The van der Waals surface area contributed by atoms with Crippen LogP contribution >= 0.6 is 11.6 Å². The molecule has 0 amide bonds. The number of para-hydroxylation sites is 1. The van der Waals surface area contributed by atoms with Gasteiger partial charge in [0, 0.05) is 17.9 Å². The van der Waals surface area contributed by atoms with E-state index in [0.29, 0.717) is 16.4 Å². The van der Waals surface area contributed by atoms with E-state index >= 15 is 0 Å². The van der Waals surface area contributed by atoms with Gasteiger partial charge in [-0.1, -0.05) is 35.9 Å². The lowest BCUT2D eigenvalue weighted by Gasteiger charge is -2.09. The fourth-order valence-electron chi connectivity index (χ4n) is 2.32. The molecule has 120 valence electrons. The molecule has 0 bridgehead atoms. The van der Waals surface area contributed by atoms with Crippen LogP contribution in [0.4, 0.5) is 0 Å². The van der Waals surface area contributed by atoms with Crippen LogP contribution < -0.4 is 0 Å². The summed E-state index contributed by atoms with van der Waals surface area (Å²) >= 11 is 6.23. The van der Waals surface area contributed by atoms with Crippen molar-refractivity contribution < 1.29 is 8.42 Å². The maximum absolute atomic E-state index is 11.6. The molecular weight excluding hydrogens is 346 g/mol. The topological polar surface area (TPSA) is 75.8 Å². The van der Waals surface area contributed by atoms with Crippen molar-refractivity contribution in [1.82, 2.24) is 9.78 Å². The molecule has 2 aromatic carbocycles. The summed E-state index contributed by atoms with van der Waals surface area (Å²) in [5.41, 5.74) is 2.27. The Morgan fingerprint density at radius 1 is 1.12 bits per heavy atom. The van der Waals surface area contributed by atoms with Crippen molar-refractivity contribution in [3.63, 3.8) is 0 Å². The summed E-state index contributed by atoms with van der Waals surface area (Å²) in [4.78, 5) is 0.232. The van der Waals surface area contributed by atoms with Crippen molar-refractivity contribution in [3.05, 3.63) is 65.3 Å². The predicted molar refractivity (Wildman–Crippen MR) is 91.8 cm³/mol. The van der Waals surface area contributed by atoms with Gasteiger partial charge in [0.2, 0.25) is 0 Å². The molecule has 24 heavy (non-hydrogen) atoms. The lowest BCUT2D eigenvalue weighted by Crippen LogP contribution is -2.01. The number of nitriles is 1.